The first-order chi connectivity index (χ1) is 9.45. The Morgan fingerprint density at radius 1 is 1.40 bits per heavy atom. The first-order valence-electron chi connectivity index (χ1n) is 6.15. The van der Waals surface area contributed by atoms with Gasteiger partial charge in [0.05, 0.1) is 16.5 Å². The van der Waals surface area contributed by atoms with Crippen LogP contribution in [0.15, 0.2) is 41.4 Å². The number of rotatable bonds is 5. The second kappa shape index (κ2) is 5.56. The van der Waals surface area contributed by atoms with Gasteiger partial charge in [0.25, 0.3) is 0 Å². The number of hydrogen-bond donors (Lipinski definition) is 3. The highest BCUT2D eigenvalue weighted by atomic mass is 32.2. The second-order valence-corrected chi connectivity index (χ2v) is 6.05. The molecule has 0 aliphatic heterocycles. The quantitative estimate of drug-likeness (QED) is 0.568. The molecule has 20 heavy (non-hydrogen) atoms. The van der Waals surface area contributed by atoms with Crippen LogP contribution in [0.2, 0.25) is 0 Å². The summed E-state index contributed by atoms with van der Waals surface area (Å²) in [5.41, 5.74) is 5.99. The van der Waals surface area contributed by atoms with Crippen molar-refractivity contribution in [1.29, 1.82) is 5.41 Å². The Hall–Kier alpha value is -1.99. The van der Waals surface area contributed by atoms with Gasteiger partial charge in [-0.2, -0.15) is 0 Å². The third-order valence-electron chi connectivity index (χ3n) is 2.98. The molecule has 6 nitrogen and oxygen atoms in total. The molecule has 1 aromatic carbocycles. The SMILES string of the molecule is CCC(NS(=O)(=O)c1cccc2ncccc12)C(=N)N. The molecule has 0 amide bonds. The summed E-state index contributed by atoms with van der Waals surface area (Å²) < 4.78 is 27.3. The fourth-order valence-electron chi connectivity index (χ4n) is 1.93. The van der Waals surface area contributed by atoms with E-state index in [1.165, 1.54) is 6.07 Å². The average Bonchev–Trinajstić information content (AvgIpc) is 2.43. The van der Waals surface area contributed by atoms with Crippen LogP contribution in [0.4, 0.5) is 0 Å². The number of fused-ring (bicyclic) bond motifs is 1. The van der Waals surface area contributed by atoms with Gasteiger partial charge in [-0.15, -0.1) is 0 Å². The fourth-order valence-corrected chi connectivity index (χ4v) is 3.44. The van der Waals surface area contributed by atoms with Crippen LogP contribution in [0, 0.1) is 5.41 Å². The van der Waals surface area contributed by atoms with E-state index in [1.807, 2.05) is 0 Å². The summed E-state index contributed by atoms with van der Waals surface area (Å²) in [5.74, 6) is -0.200. The Kier molecular flexibility index (Phi) is 4.01. The van der Waals surface area contributed by atoms with Crippen LogP contribution in [-0.2, 0) is 10.0 Å². The standard InChI is InChI=1S/C13H16N4O2S/c1-2-10(13(14)15)17-20(18,19)12-7-3-6-11-9(12)5-4-8-16-11/h3-8,10,17H,2H2,1H3,(H3,14,15). The third kappa shape index (κ3) is 2.78. The summed E-state index contributed by atoms with van der Waals surface area (Å²) in [7, 11) is -3.75. The molecule has 1 atom stereocenters. The monoisotopic (exact) mass is 292 g/mol. The summed E-state index contributed by atoms with van der Waals surface area (Å²) >= 11 is 0. The van der Waals surface area contributed by atoms with Crippen molar-refractivity contribution in [2.24, 2.45) is 5.73 Å². The molecule has 0 aliphatic carbocycles. The van der Waals surface area contributed by atoms with Crippen molar-refractivity contribution in [1.82, 2.24) is 9.71 Å². The van der Waals surface area contributed by atoms with E-state index in [9.17, 15) is 8.42 Å². The predicted octanol–water partition coefficient (Wildman–Crippen LogP) is 1.23. The van der Waals surface area contributed by atoms with E-state index in [1.54, 1.807) is 37.4 Å². The molecule has 0 fully saturated rings. The summed E-state index contributed by atoms with van der Waals surface area (Å²) in [6.45, 7) is 1.76. The average molecular weight is 292 g/mol. The van der Waals surface area contributed by atoms with Crippen LogP contribution < -0.4 is 10.5 Å². The molecule has 4 N–H and O–H groups in total. The molecule has 0 radical (unpaired) electrons. The van der Waals surface area contributed by atoms with Crippen LogP contribution in [0.1, 0.15) is 13.3 Å². The van der Waals surface area contributed by atoms with Crippen molar-refractivity contribution in [2.45, 2.75) is 24.3 Å². The molecular weight excluding hydrogens is 276 g/mol. The molecule has 106 valence electrons. The number of sulfonamides is 1. The van der Waals surface area contributed by atoms with Gasteiger partial charge in [-0.05, 0) is 30.7 Å². The van der Waals surface area contributed by atoms with Crippen LogP contribution >= 0.6 is 0 Å². The molecule has 0 spiro atoms. The van der Waals surface area contributed by atoms with Gasteiger partial charge in [-0.3, -0.25) is 10.4 Å². The normalized spacial score (nSPS) is 13.2. The minimum atomic E-state index is -3.75. The largest absolute Gasteiger partial charge is 0.386 e. The lowest BCUT2D eigenvalue weighted by molar-refractivity contribution is 0.572. The van der Waals surface area contributed by atoms with Crippen molar-refractivity contribution in [3.8, 4) is 0 Å². The lowest BCUT2D eigenvalue weighted by Crippen LogP contribution is -2.43. The van der Waals surface area contributed by atoms with E-state index in [0.717, 1.165) is 0 Å². The maximum absolute atomic E-state index is 12.4. The highest BCUT2D eigenvalue weighted by molar-refractivity contribution is 7.89. The van der Waals surface area contributed by atoms with E-state index < -0.39 is 16.1 Å². The van der Waals surface area contributed by atoms with E-state index in [-0.39, 0.29) is 10.7 Å². The summed E-state index contributed by atoms with van der Waals surface area (Å²) in [5, 5.41) is 7.94. The molecule has 1 unspecified atom stereocenters. The third-order valence-corrected chi connectivity index (χ3v) is 4.51. The lowest BCUT2D eigenvalue weighted by atomic mass is 10.2. The molecule has 7 heteroatoms. The molecule has 0 aliphatic rings. The van der Waals surface area contributed by atoms with E-state index in [2.05, 4.69) is 9.71 Å². The molecule has 2 aromatic rings. The molecule has 0 bridgehead atoms. The van der Waals surface area contributed by atoms with Gasteiger partial charge in [0.15, 0.2) is 0 Å². The Labute approximate surface area is 117 Å². The van der Waals surface area contributed by atoms with Gasteiger partial charge < -0.3 is 5.73 Å². The summed E-state index contributed by atoms with van der Waals surface area (Å²) in [6.07, 6.45) is 2.02. The molecule has 2 rings (SSSR count). The molecule has 1 heterocycles. The van der Waals surface area contributed by atoms with Crippen LogP contribution in [0.5, 0.6) is 0 Å². The summed E-state index contributed by atoms with van der Waals surface area (Å²) in [6, 6.07) is 7.58. The van der Waals surface area contributed by atoms with E-state index >= 15 is 0 Å². The Morgan fingerprint density at radius 2 is 2.15 bits per heavy atom. The Bertz CT molecular complexity index is 738. The number of nitrogens with zero attached hydrogens (tertiary/aromatic N) is 1. The topological polar surface area (TPSA) is 109 Å². The second-order valence-electron chi connectivity index (χ2n) is 4.36. The highest BCUT2D eigenvalue weighted by Gasteiger charge is 2.22. The van der Waals surface area contributed by atoms with Gasteiger partial charge in [0, 0.05) is 11.6 Å². The minimum Gasteiger partial charge on any atom is -0.386 e. The number of hydrogen-bond acceptors (Lipinski definition) is 4. The van der Waals surface area contributed by atoms with Crippen molar-refractivity contribution < 1.29 is 8.42 Å². The summed E-state index contributed by atoms with van der Waals surface area (Å²) in [4.78, 5) is 4.27. The van der Waals surface area contributed by atoms with Crippen molar-refractivity contribution in [3.63, 3.8) is 0 Å². The van der Waals surface area contributed by atoms with Gasteiger partial charge in [-0.1, -0.05) is 13.0 Å². The van der Waals surface area contributed by atoms with Gasteiger partial charge in [0.1, 0.15) is 5.84 Å². The lowest BCUT2D eigenvalue weighted by Gasteiger charge is -2.16. The number of pyridine rings is 1. The minimum absolute atomic E-state index is 0.141. The maximum atomic E-state index is 12.4. The molecular formula is C13H16N4O2S. The van der Waals surface area contributed by atoms with Gasteiger partial charge in [0.2, 0.25) is 10.0 Å². The van der Waals surface area contributed by atoms with Crippen molar-refractivity contribution >= 4 is 26.8 Å². The van der Waals surface area contributed by atoms with Crippen LogP contribution in [0.3, 0.4) is 0 Å². The zero-order chi connectivity index (χ0) is 14.8. The number of nitrogens with one attached hydrogen (secondary N) is 2. The first kappa shape index (κ1) is 14.4. The Morgan fingerprint density at radius 3 is 2.80 bits per heavy atom. The number of nitrogens with two attached hydrogens (primary N) is 1. The number of amidine groups is 1. The number of benzene rings is 1. The highest BCUT2D eigenvalue weighted by Crippen LogP contribution is 2.21. The van der Waals surface area contributed by atoms with Gasteiger partial charge in [-0.25, -0.2) is 13.1 Å². The van der Waals surface area contributed by atoms with Crippen LogP contribution in [-0.4, -0.2) is 25.3 Å². The maximum Gasteiger partial charge on any atom is 0.241 e. The zero-order valence-corrected chi connectivity index (χ0v) is 11.8. The smallest absolute Gasteiger partial charge is 0.241 e. The first-order valence-corrected chi connectivity index (χ1v) is 7.64. The predicted molar refractivity (Wildman–Crippen MR) is 78.1 cm³/mol. The molecule has 1 aromatic heterocycles. The molecule has 0 saturated heterocycles. The van der Waals surface area contributed by atoms with Crippen LogP contribution in [0.25, 0.3) is 10.9 Å². The van der Waals surface area contributed by atoms with Crippen molar-refractivity contribution in [2.75, 3.05) is 0 Å². The van der Waals surface area contributed by atoms with E-state index in [4.69, 9.17) is 11.1 Å². The molecule has 0 saturated carbocycles. The van der Waals surface area contributed by atoms with E-state index in [0.29, 0.717) is 17.3 Å². The number of aromatic nitrogens is 1. The van der Waals surface area contributed by atoms with Crippen molar-refractivity contribution in [3.05, 3.63) is 36.5 Å². The fraction of sp³-hybridized carbons (Fsp3) is 0.231. The zero-order valence-electron chi connectivity index (χ0n) is 11.0. The van der Waals surface area contributed by atoms with Gasteiger partial charge >= 0.3 is 0 Å². The Balaban J connectivity index is 2.50.